The van der Waals surface area contributed by atoms with Gasteiger partial charge in [0.05, 0.1) is 0 Å². The van der Waals surface area contributed by atoms with Gasteiger partial charge in [0.15, 0.2) is 0 Å². The zero-order valence-corrected chi connectivity index (χ0v) is 13.6. The fraction of sp³-hybridized carbons (Fsp3) is 0.444. The Labute approximate surface area is 129 Å². The summed E-state index contributed by atoms with van der Waals surface area (Å²) in [7, 11) is 0. The third-order valence-corrected chi connectivity index (χ3v) is 5.35. The maximum Gasteiger partial charge on any atom is 0.0422 e. The van der Waals surface area contributed by atoms with Crippen LogP contribution in [0.5, 0.6) is 0 Å². The largest absolute Gasteiger partial charge is 0.382 e. The van der Waals surface area contributed by atoms with E-state index in [-0.39, 0.29) is 0 Å². The summed E-state index contributed by atoms with van der Waals surface area (Å²) in [6, 6.07) is 13.6. The molecule has 0 spiro atoms. The van der Waals surface area contributed by atoms with Crippen molar-refractivity contribution < 1.29 is 0 Å². The van der Waals surface area contributed by atoms with Gasteiger partial charge >= 0.3 is 0 Å². The van der Waals surface area contributed by atoms with E-state index in [4.69, 9.17) is 0 Å². The van der Waals surface area contributed by atoms with Crippen LogP contribution in [0, 0.1) is 5.92 Å². The van der Waals surface area contributed by atoms with Crippen molar-refractivity contribution in [2.75, 3.05) is 5.32 Å². The molecule has 0 saturated heterocycles. The van der Waals surface area contributed by atoms with E-state index >= 15 is 0 Å². The summed E-state index contributed by atoms with van der Waals surface area (Å²) in [5.41, 5.74) is 1.28. The minimum absolute atomic E-state index is 0.641. The van der Waals surface area contributed by atoms with Crippen LogP contribution in [-0.4, -0.2) is 6.04 Å². The lowest BCUT2D eigenvalue weighted by Gasteiger charge is -2.29. The molecule has 1 nitrogen and oxygen atoms in total. The van der Waals surface area contributed by atoms with Gasteiger partial charge in [-0.25, -0.2) is 0 Å². The summed E-state index contributed by atoms with van der Waals surface area (Å²) in [5, 5.41) is 6.39. The van der Waals surface area contributed by atoms with Crippen LogP contribution in [0.2, 0.25) is 0 Å². The molecule has 0 bridgehead atoms. The molecule has 3 rings (SSSR count). The van der Waals surface area contributed by atoms with E-state index < -0.39 is 0 Å². The van der Waals surface area contributed by atoms with Crippen molar-refractivity contribution in [1.29, 1.82) is 0 Å². The summed E-state index contributed by atoms with van der Waals surface area (Å²) >= 11 is 3.65. The monoisotopic (exact) mass is 331 g/mol. The average molecular weight is 332 g/mol. The van der Waals surface area contributed by atoms with Crippen molar-refractivity contribution in [3.63, 3.8) is 0 Å². The Morgan fingerprint density at radius 3 is 2.40 bits per heavy atom. The Kier molecular flexibility index (Phi) is 4.30. The maximum atomic E-state index is 3.77. The van der Waals surface area contributed by atoms with E-state index in [9.17, 15) is 0 Å². The normalized spacial score (nSPS) is 22.9. The van der Waals surface area contributed by atoms with Crippen LogP contribution in [0.25, 0.3) is 10.8 Å². The number of rotatable bonds is 3. The van der Waals surface area contributed by atoms with Gasteiger partial charge < -0.3 is 5.32 Å². The van der Waals surface area contributed by atoms with Gasteiger partial charge in [-0.3, -0.25) is 0 Å². The highest BCUT2D eigenvalue weighted by atomic mass is 79.9. The second-order valence-corrected chi connectivity index (χ2v) is 6.77. The van der Waals surface area contributed by atoms with Gasteiger partial charge in [0.25, 0.3) is 0 Å². The first kappa shape index (κ1) is 13.9. The first-order valence-corrected chi connectivity index (χ1v) is 8.51. The second-order valence-electron chi connectivity index (χ2n) is 5.91. The number of halogens is 1. The average Bonchev–Trinajstić information content (AvgIpc) is 2.51. The fourth-order valence-corrected chi connectivity index (χ4v) is 3.80. The molecule has 1 saturated carbocycles. The van der Waals surface area contributed by atoms with E-state index in [2.05, 4.69) is 64.6 Å². The number of hydrogen-bond donors (Lipinski definition) is 1. The van der Waals surface area contributed by atoms with Crippen molar-refractivity contribution >= 4 is 32.4 Å². The molecule has 20 heavy (non-hydrogen) atoms. The molecule has 2 aromatic carbocycles. The molecular weight excluding hydrogens is 310 g/mol. The zero-order chi connectivity index (χ0) is 13.9. The predicted octanol–water partition coefficient (Wildman–Crippen LogP) is 5.98. The molecule has 0 aromatic heterocycles. The Bertz CT molecular complexity index is 585. The maximum absolute atomic E-state index is 3.77. The van der Waals surface area contributed by atoms with Crippen molar-refractivity contribution in [3.8, 4) is 0 Å². The smallest absolute Gasteiger partial charge is 0.0422 e. The van der Waals surface area contributed by atoms with E-state index in [1.165, 1.54) is 53.0 Å². The highest BCUT2D eigenvalue weighted by molar-refractivity contribution is 9.10. The van der Waals surface area contributed by atoms with Crippen molar-refractivity contribution in [3.05, 3.63) is 40.9 Å². The molecule has 0 heterocycles. The molecular formula is C18H22BrN. The third-order valence-electron chi connectivity index (χ3n) is 4.65. The molecule has 1 aliphatic rings. The highest BCUT2D eigenvalue weighted by Gasteiger charge is 2.20. The molecule has 0 aliphatic heterocycles. The van der Waals surface area contributed by atoms with Crippen LogP contribution < -0.4 is 5.32 Å². The number of nitrogens with one attached hydrogen (secondary N) is 1. The molecule has 2 heteroatoms. The summed E-state index contributed by atoms with van der Waals surface area (Å²) < 4.78 is 1.17. The quantitative estimate of drug-likeness (QED) is 0.729. The summed E-state index contributed by atoms with van der Waals surface area (Å²) in [5.74, 6) is 0.953. The lowest BCUT2D eigenvalue weighted by molar-refractivity contribution is 0.330. The van der Waals surface area contributed by atoms with Crippen LogP contribution in [0.15, 0.2) is 40.9 Å². The summed E-state index contributed by atoms with van der Waals surface area (Å²) in [6.45, 7) is 2.32. The predicted molar refractivity (Wildman–Crippen MR) is 91.3 cm³/mol. The van der Waals surface area contributed by atoms with E-state index in [0.717, 1.165) is 5.92 Å². The number of benzene rings is 2. The third kappa shape index (κ3) is 2.85. The van der Waals surface area contributed by atoms with Crippen LogP contribution in [0.3, 0.4) is 0 Å². The molecule has 1 fully saturated rings. The first-order valence-electron chi connectivity index (χ1n) is 7.71. The number of fused-ring (bicyclic) bond motifs is 1. The lowest BCUT2D eigenvalue weighted by Crippen LogP contribution is -2.25. The van der Waals surface area contributed by atoms with Gasteiger partial charge in [-0.15, -0.1) is 0 Å². The SMILES string of the molecule is CCC1CCC(Nc2ccc(Br)c3ccccc23)CC1. The zero-order valence-electron chi connectivity index (χ0n) is 12.0. The van der Waals surface area contributed by atoms with E-state index in [1.807, 2.05) is 0 Å². The van der Waals surface area contributed by atoms with Crippen LogP contribution in [0.4, 0.5) is 5.69 Å². The topological polar surface area (TPSA) is 12.0 Å². The van der Waals surface area contributed by atoms with E-state index in [1.54, 1.807) is 0 Å². The highest BCUT2D eigenvalue weighted by Crippen LogP contribution is 2.33. The van der Waals surface area contributed by atoms with Gasteiger partial charge in [-0.2, -0.15) is 0 Å². The van der Waals surface area contributed by atoms with Crippen molar-refractivity contribution in [1.82, 2.24) is 0 Å². The Hall–Kier alpha value is -1.02. The fourth-order valence-electron chi connectivity index (χ4n) is 3.32. The van der Waals surface area contributed by atoms with Crippen LogP contribution >= 0.6 is 15.9 Å². The molecule has 2 aromatic rings. The van der Waals surface area contributed by atoms with Crippen LogP contribution in [0.1, 0.15) is 39.0 Å². The minimum Gasteiger partial charge on any atom is -0.382 e. The van der Waals surface area contributed by atoms with Gasteiger partial charge in [0, 0.05) is 21.6 Å². The Morgan fingerprint density at radius 2 is 1.70 bits per heavy atom. The number of anilines is 1. The molecule has 0 radical (unpaired) electrons. The van der Waals surface area contributed by atoms with E-state index in [0.29, 0.717) is 6.04 Å². The summed E-state index contributed by atoms with van der Waals surface area (Å²) in [4.78, 5) is 0. The van der Waals surface area contributed by atoms with Crippen molar-refractivity contribution in [2.45, 2.75) is 45.1 Å². The Morgan fingerprint density at radius 1 is 1.00 bits per heavy atom. The molecule has 1 aliphatic carbocycles. The summed E-state index contributed by atoms with van der Waals surface area (Å²) in [6.07, 6.45) is 6.71. The van der Waals surface area contributed by atoms with Gasteiger partial charge in [-0.1, -0.05) is 53.5 Å². The molecule has 1 N–H and O–H groups in total. The number of hydrogen-bond acceptors (Lipinski definition) is 1. The van der Waals surface area contributed by atoms with Gasteiger partial charge in [0.2, 0.25) is 0 Å². The minimum atomic E-state index is 0.641. The van der Waals surface area contributed by atoms with Gasteiger partial charge in [0.1, 0.15) is 0 Å². The lowest BCUT2D eigenvalue weighted by atomic mass is 9.84. The van der Waals surface area contributed by atoms with Crippen LogP contribution in [-0.2, 0) is 0 Å². The molecule has 0 amide bonds. The Balaban J connectivity index is 1.80. The molecule has 106 valence electrons. The standard InChI is InChI=1S/C18H22BrN/c1-2-13-7-9-14(10-8-13)20-18-12-11-17(19)15-5-3-4-6-16(15)18/h3-6,11-14,20H,2,7-10H2,1H3. The molecule has 0 atom stereocenters. The van der Waals surface area contributed by atoms with Gasteiger partial charge in [-0.05, 0) is 49.1 Å². The first-order chi connectivity index (χ1) is 9.78. The molecule has 0 unspecified atom stereocenters. The second kappa shape index (κ2) is 6.17. The van der Waals surface area contributed by atoms with Crippen molar-refractivity contribution in [2.24, 2.45) is 5.92 Å².